The van der Waals surface area contributed by atoms with Gasteiger partial charge in [-0.25, -0.2) is 0 Å². The molecule has 0 unspecified atom stereocenters. The fourth-order valence-electron chi connectivity index (χ4n) is 2.76. The van der Waals surface area contributed by atoms with E-state index in [1.807, 2.05) is 6.92 Å². The molecule has 6 heteroatoms. The first-order valence-corrected chi connectivity index (χ1v) is 7.68. The van der Waals surface area contributed by atoms with Crippen molar-refractivity contribution in [2.75, 3.05) is 5.32 Å². The van der Waals surface area contributed by atoms with E-state index < -0.39 is 11.5 Å². The third kappa shape index (κ3) is 3.19. The monoisotopic (exact) mass is 330 g/mol. The Morgan fingerprint density at radius 2 is 2.04 bits per heavy atom. The lowest BCUT2D eigenvalue weighted by atomic mass is 9.86. The zero-order chi connectivity index (χ0) is 16.6. The third-order valence-electron chi connectivity index (χ3n) is 3.84. The topological polar surface area (TPSA) is 79.0 Å². The van der Waals surface area contributed by atoms with Crippen LogP contribution in [0.4, 0.5) is 5.69 Å². The molecule has 1 heterocycles. The van der Waals surface area contributed by atoms with Gasteiger partial charge in [0.1, 0.15) is 5.56 Å². The van der Waals surface area contributed by atoms with Crippen LogP contribution in [0.5, 0.6) is 0 Å². The summed E-state index contributed by atoms with van der Waals surface area (Å²) in [5.41, 5.74) is 0.952. The highest BCUT2D eigenvalue weighted by molar-refractivity contribution is 6.31. The molecule has 1 aromatic carbocycles. The van der Waals surface area contributed by atoms with E-state index in [-0.39, 0.29) is 17.3 Å². The molecule has 3 rings (SSSR count). The molecule has 0 aliphatic heterocycles. The molecule has 1 aliphatic rings. The molecule has 118 valence electrons. The molecule has 0 radical (unpaired) electrons. The summed E-state index contributed by atoms with van der Waals surface area (Å²) in [6.45, 7) is 1.96. The maximum absolute atomic E-state index is 12.3. The van der Waals surface area contributed by atoms with Gasteiger partial charge in [0.05, 0.1) is 0 Å². The van der Waals surface area contributed by atoms with Crippen LogP contribution in [-0.2, 0) is 6.42 Å². The van der Waals surface area contributed by atoms with Crippen molar-refractivity contribution >= 4 is 29.0 Å². The summed E-state index contributed by atoms with van der Waals surface area (Å²) in [5, 5.41) is 3.09. The molecule has 1 aliphatic carbocycles. The van der Waals surface area contributed by atoms with Crippen molar-refractivity contribution in [2.45, 2.75) is 19.8 Å². The number of anilines is 1. The minimum absolute atomic E-state index is 0.0493. The van der Waals surface area contributed by atoms with Crippen LogP contribution in [0.25, 0.3) is 0 Å². The molecule has 1 aromatic heterocycles. The van der Waals surface area contributed by atoms with Crippen LogP contribution in [0.1, 0.15) is 39.8 Å². The molecule has 23 heavy (non-hydrogen) atoms. The Labute approximate surface area is 137 Å². The summed E-state index contributed by atoms with van der Waals surface area (Å²) < 4.78 is 0. The van der Waals surface area contributed by atoms with Crippen molar-refractivity contribution in [3.05, 3.63) is 62.5 Å². The van der Waals surface area contributed by atoms with Gasteiger partial charge >= 0.3 is 0 Å². The lowest BCUT2D eigenvalue weighted by molar-refractivity contribution is 0.0952. The van der Waals surface area contributed by atoms with Gasteiger partial charge in [0.2, 0.25) is 0 Å². The molecular formula is C17H15ClN2O3. The van der Waals surface area contributed by atoms with Gasteiger partial charge in [-0.05, 0) is 36.6 Å². The van der Waals surface area contributed by atoms with Crippen molar-refractivity contribution in [2.24, 2.45) is 5.92 Å². The molecule has 5 nitrogen and oxygen atoms in total. The molecule has 1 atom stereocenters. The minimum Gasteiger partial charge on any atom is -0.325 e. The molecule has 1 amide bonds. The average molecular weight is 331 g/mol. The smallest absolute Gasteiger partial charge is 0.261 e. The fraction of sp³-hybridized carbons (Fsp3) is 0.235. The van der Waals surface area contributed by atoms with Crippen molar-refractivity contribution in [3.63, 3.8) is 0 Å². The summed E-state index contributed by atoms with van der Waals surface area (Å²) in [4.78, 5) is 39.3. The number of H-pyrrole nitrogens is 1. The van der Waals surface area contributed by atoms with Crippen molar-refractivity contribution in [3.8, 4) is 0 Å². The Morgan fingerprint density at radius 1 is 1.26 bits per heavy atom. The average Bonchev–Trinajstić information content (AvgIpc) is 2.46. The van der Waals surface area contributed by atoms with E-state index in [2.05, 4.69) is 10.3 Å². The van der Waals surface area contributed by atoms with Gasteiger partial charge < -0.3 is 10.3 Å². The number of benzene rings is 1. The number of fused-ring (bicyclic) bond motifs is 1. The SMILES string of the molecule is C[C@@H]1CC(=O)c2cc(C(=O)Nc3cccc(Cl)c3)c(=O)[nH]c2C1. The van der Waals surface area contributed by atoms with E-state index >= 15 is 0 Å². The maximum Gasteiger partial charge on any atom is 0.261 e. The summed E-state index contributed by atoms with van der Waals surface area (Å²) in [5.74, 6) is -0.425. The molecule has 0 bridgehead atoms. The van der Waals surface area contributed by atoms with Crippen LogP contribution < -0.4 is 10.9 Å². The van der Waals surface area contributed by atoms with Crippen molar-refractivity contribution in [1.29, 1.82) is 0 Å². The molecule has 0 saturated carbocycles. The van der Waals surface area contributed by atoms with Gasteiger partial charge in [0.15, 0.2) is 5.78 Å². The Hall–Kier alpha value is -2.40. The second kappa shape index (κ2) is 6.01. The van der Waals surface area contributed by atoms with Gasteiger partial charge in [-0.1, -0.05) is 24.6 Å². The number of halogens is 1. The Bertz CT molecular complexity index is 857. The maximum atomic E-state index is 12.3. The molecular weight excluding hydrogens is 316 g/mol. The normalized spacial score (nSPS) is 16.8. The molecule has 0 fully saturated rings. The number of aromatic amines is 1. The van der Waals surface area contributed by atoms with Crippen LogP contribution in [0.3, 0.4) is 0 Å². The summed E-state index contributed by atoms with van der Waals surface area (Å²) >= 11 is 5.87. The number of nitrogens with one attached hydrogen (secondary N) is 2. The zero-order valence-electron chi connectivity index (χ0n) is 12.5. The number of carbonyl (C=O) groups is 2. The minimum atomic E-state index is -0.567. The lowest BCUT2D eigenvalue weighted by Gasteiger charge is -2.20. The van der Waals surface area contributed by atoms with E-state index in [1.54, 1.807) is 24.3 Å². The number of rotatable bonds is 2. The van der Waals surface area contributed by atoms with Crippen LogP contribution in [0.15, 0.2) is 35.1 Å². The zero-order valence-corrected chi connectivity index (χ0v) is 13.2. The van der Waals surface area contributed by atoms with Crippen LogP contribution in [-0.4, -0.2) is 16.7 Å². The molecule has 0 spiro atoms. The molecule has 2 N–H and O–H groups in total. The van der Waals surface area contributed by atoms with Crippen molar-refractivity contribution in [1.82, 2.24) is 4.98 Å². The van der Waals surface area contributed by atoms with E-state index in [4.69, 9.17) is 11.6 Å². The second-order valence-electron chi connectivity index (χ2n) is 5.81. The quantitative estimate of drug-likeness (QED) is 0.888. The first kappa shape index (κ1) is 15.5. The van der Waals surface area contributed by atoms with Gasteiger partial charge in [0.25, 0.3) is 11.5 Å². The predicted octanol–water partition coefficient (Wildman–Crippen LogP) is 3.05. The highest BCUT2D eigenvalue weighted by Gasteiger charge is 2.25. The Balaban J connectivity index is 1.94. The molecule has 2 aromatic rings. The van der Waals surface area contributed by atoms with Crippen molar-refractivity contribution < 1.29 is 9.59 Å². The highest BCUT2D eigenvalue weighted by Crippen LogP contribution is 2.23. The standard InChI is InChI=1S/C17H15ClN2O3/c1-9-5-14-12(15(21)6-9)8-13(17(23)20-14)16(22)19-11-4-2-3-10(18)7-11/h2-4,7-9H,5-6H2,1H3,(H,19,22)(H,20,23)/t9-/m0/s1. The van der Waals surface area contributed by atoms with E-state index in [0.717, 1.165) is 0 Å². The Kier molecular flexibility index (Phi) is 4.05. The number of ketones is 1. The number of Topliss-reactive ketones (excluding diaryl/α,β-unsaturated/α-hetero) is 1. The number of aromatic nitrogens is 1. The van der Waals surface area contributed by atoms with Gasteiger partial charge in [-0.15, -0.1) is 0 Å². The van der Waals surface area contributed by atoms with E-state index in [0.29, 0.717) is 34.8 Å². The number of carbonyl (C=O) groups excluding carboxylic acids is 2. The van der Waals surface area contributed by atoms with Gasteiger partial charge in [-0.3, -0.25) is 14.4 Å². The number of hydrogen-bond donors (Lipinski definition) is 2. The first-order chi connectivity index (χ1) is 10.9. The highest BCUT2D eigenvalue weighted by atomic mass is 35.5. The van der Waals surface area contributed by atoms with Crippen LogP contribution in [0.2, 0.25) is 5.02 Å². The Morgan fingerprint density at radius 3 is 2.78 bits per heavy atom. The van der Waals surface area contributed by atoms with E-state index in [1.165, 1.54) is 6.07 Å². The largest absolute Gasteiger partial charge is 0.325 e. The van der Waals surface area contributed by atoms with Gasteiger partial charge in [-0.2, -0.15) is 0 Å². The predicted molar refractivity (Wildman–Crippen MR) is 88.3 cm³/mol. The van der Waals surface area contributed by atoms with Gasteiger partial charge in [0, 0.05) is 28.4 Å². The van der Waals surface area contributed by atoms with Crippen LogP contribution in [0, 0.1) is 5.92 Å². The number of pyridine rings is 1. The summed E-state index contributed by atoms with van der Waals surface area (Å²) in [6, 6.07) is 8.02. The molecule has 0 saturated heterocycles. The van der Waals surface area contributed by atoms with E-state index in [9.17, 15) is 14.4 Å². The number of amides is 1. The first-order valence-electron chi connectivity index (χ1n) is 7.30. The second-order valence-corrected chi connectivity index (χ2v) is 6.24. The lowest BCUT2D eigenvalue weighted by Crippen LogP contribution is -2.29. The van der Waals surface area contributed by atoms with Crippen LogP contribution >= 0.6 is 11.6 Å². The fourth-order valence-corrected chi connectivity index (χ4v) is 2.95. The third-order valence-corrected chi connectivity index (χ3v) is 4.07. The number of hydrogen-bond acceptors (Lipinski definition) is 3. The summed E-state index contributed by atoms with van der Waals surface area (Å²) in [7, 11) is 0. The summed E-state index contributed by atoms with van der Waals surface area (Å²) in [6.07, 6.45) is 1.06.